The van der Waals surface area contributed by atoms with Gasteiger partial charge in [0, 0.05) is 44.3 Å². The number of pyridine rings is 1. The first-order valence-corrected chi connectivity index (χ1v) is 12.5. The molecular weight excluding hydrogens is 684 g/mol. The number of hydrogen-bond acceptors (Lipinski definition) is 4. The maximum Gasteiger partial charge on any atom is 0.135 e. The summed E-state index contributed by atoms with van der Waals surface area (Å²) in [5.41, 5.74) is 3.72. The molecule has 0 saturated carbocycles. The zero-order chi connectivity index (χ0) is 27.3. The summed E-state index contributed by atoms with van der Waals surface area (Å²) in [5.74, 6) is 1.25. The Kier molecular flexibility index (Phi) is 7.16. The van der Waals surface area contributed by atoms with E-state index in [1.807, 2.05) is 52.6 Å². The zero-order valence-corrected chi connectivity index (χ0v) is 24.6. The van der Waals surface area contributed by atoms with Crippen molar-refractivity contribution in [3.8, 4) is 17.3 Å². The molecule has 1 aliphatic heterocycles. The van der Waals surface area contributed by atoms with Crippen LogP contribution in [0.3, 0.4) is 0 Å². The second-order valence-electron chi connectivity index (χ2n) is 10.5. The first kappa shape index (κ1) is 27.4. The summed E-state index contributed by atoms with van der Waals surface area (Å²) in [4.78, 5) is 12.0. The van der Waals surface area contributed by atoms with Gasteiger partial charge in [0.25, 0.3) is 0 Å². The molecule has 0 saturated heterocycles. The molecule has 0 fully saturated rings. The second kappa shape index (κ2) is 10.4. The van der Waals surface area contributed by atoms with Crippen molar-refractivity contribution in [1.82, 2.24) is 14.5 Å². The van der Waals surface area contributed by atoms with Crippen LogP contribution in [0.25, 0.3) is 32.5 Å². The molecule has 6 rings (SSSR count). The van der Waals surface area contributed by atoms with Crippen LogP contribution in [0.5, 0.6) is 11.5 Å². The van der Waals surface area contributed by atoms with Gasteiger partial charge in [-0.3, -0.25) is 4.85 Å². The van der Waals surface area contributed by atoms with Gasteiger partial charge < -0.3 is 19.1 Å². The number of benzene rings is 3. The van der Waals surface area contributed by atoms with E-state index in [0.717, 1.165) is 21.9 Å². The van der Waals surface area contributed by atoms with Crippen molar-refractivity contribution < 1.29 is 30.2 Å². The van der Waals surface area contributed by atoms with Gasteiger partial charge in [-0.05, 0) is 66.1 Å². The summed E-state index contributed by atoms with van der Waals surface area (Å²) in [6.45, 7) is 15.9. The Morgan fingerprint density at radius 3 is 2.52 bits per heavy atom. The first-order valence-electron chi connectivity index (χ1n) is 12.5. The Morgan fingerprint density at radius 1 is 0.975 bits per heavy atom. The second-order valence-corrected chi connectivity index (χ2v) is 10.5. The Balaban J connectivity index is 0.00000323. The third kappa shape index (κ3) is 5.08. The average molecular weight is 710 g/mol. The van der Waals surface area contributed by atoms with Crippen molar-refractivity contribution in [1.29, 1.82) is 0 Å². The van der Waals surface area contributed by atoms with E-state index < -0.39 is 0 Å². The van der Waals surface area contributed by atoms with Crippen molar-refractivity contribution in [2.45, 2.75) is 26.2 Å². The van der Waals surface area contributed by atoms with Crippen molar-refractivity contribution in [3.63, 3.8) is 0 Å². The summed E-state index contributed by atoms with van der Waals surface area (Å²) >= 11 is 0. The van der Waals surface area contributed by atoms with Crippen LogP contribution in [0.4, 0.5) is 15.8 Å². The topological polar surface area (TPSA) is 37.9 Å². The van der Waals surface area contributed by atoms with Crippen LogP contribution in [0.1, 0.15) is 26.3 Å². The summed E-state index contributed by atoms with van der Waals surface area (Å²) in [6, 6.07) is 22.6. The van der Waals surface area contributed by atoms with Gasteiger partial charge in [0.05, 0.1) is 12.3 Å². The summed E-state index contributed by atoms with van der Waals surface area (Å²) in [5, 5.41) is 1.60. The predicted octanol–water partition coefficient (Wildman–Crippen LogP) is 7.90. The van der Waals surface area contributed by atoms with Gasteiger partial charge in [0.2, 0.25) is 0 Å². The molecule has 8 heteroatoms. The fourth-order valence-corrected chi connectivity index (χ4v) is 4.69. The number of ether oxygens (including phenoxy) is 1. The van der Waals surface area contributed by atoms with Gasteiger partial charge in [-0.15, -0.1) is 41.4 Å². The van der Waals surface area contributed by atoms with Crippen molar-refractivity contribution in [2.24, 2.45) is 0 Å². The Labute approximate surface area is 247 Å². The smallest absolute Gasteiger partial charge is 0.135 e. The van der Waals surface area contributed by atoms with Crippen molar-refractivity contribution in [3.05, 3.63) is 115 Å². The minimum absolute atomic E-state index is 0. The van der Waals surface area contributed by atoms with E-state index in [0.29, 0.717) is 34.2 Å². The largest absolute Gasteiger partial charge is 0.510 e. The number of nitrogens with zero attached hydrogens (tertiary/aromatic N) is 5. The number of hydrogen-bond donors (Lipinski definition) is 0. The predicted molar refractivity (Wildman–Crippen MR) is 151 cm³/mol. The van der Waals surface area contributed by atoms with Crippen LogP contribution < -0.4 is 9.64 Å². The van der Waals surface area contributed by atoms with E-state index in [4.69, 9.17) is 11.3 Å². The molecule has 0 amide bonds. The van der Waals surface area contributed by atoms with E-state index in [2.05, 4.69) is 48.8 Å². The molecular formula is C32H25FN5OPt-3. The van der Waals surface area contributed by atoms with Crippen molar-refractivity contribution in [2.75, 3.05) is 11.9 Å². The third-order valence-corrected chi connectivity index (χ3v) is 6.66. The molecule has 0 N–H and O–H groups in total. The van der Waals surface area contributed by atoms with E-state index in [-0.39, 0.29) is 32.3 Å². The molecule has 0 radical (unpaired) electrons. The SMILES string of the molecule is [C-]#[N+]c1cc(Oc2[c-]c3c(cc2)c2cc(F)ccc2n3-c2cc(C(C)(C)C)ccn2)[c-]c(N2C=CN(C)[CH-]2)c1.[Pt]. The van der Waals surface area contributed by atoms with Gasteiger partial charge in [0.1, 0.15) is 11.6 Å². The first-order chi connectivity index (χ1) is 18.7. The molecule has 0 atom stereocenters. The summed E-state index contributed by atoms with van der Waals surface area (Å²) in [7, 11) is 1.92. The van der Waals surface area contributed by atoms with Crippen LogP contribution in [0, 0.1) is 31.2 Å². The Bertz CT molecular complexity index is 1810. The summed E-state index contributed by atoms with van der Waals surface area (Å²) in [6.07, 6.45) is 5.59. The fraction of sp³-hybridized carbons (Fsp3) is 0.156. The molecule has 6 nitrogen and oxygen atoms in total. The fourth-order valence-electron chi connectivity index (χ4n) is 4.69. The molecule has 3 aromatic carbocycles. The van der Waals surface area contributed by atoms with Crippen LogP contribution in [0.2, 0.25) is 0 Å². The standard InChI is InChI=1S/C32H25FN5O.Pt/c1-32(2,3)21-10-11-35-31(14-21)38-29-9-6-22(33)15-28(29)27-8-7-25(19-30(27)38)39-26-17-23(34-4)16-24(18-26)37-13-12-36(5)20-37;/h6-17,20H,1-3,5H3;/q-3;. The zero-order valence-electron chi connectivity index (χ0n) is 22.3. The Morgan fingerprint density at radius 2 is 1.80 bits per heavy atom. The minimum Gasteiger partial charge on any atom is -0.510 e. The molecule has 3 heterocycles. The quantitative estimate of drug-likeness (QED) is 0.178. The molecule has 204 valence electrons. The number of rotatable bonds is 4. The van der Waals surface area contributed by atoms with Crippen LogP contribution in [0.15, 0.2) is 73.2 Å². The van der Waals surface area contributed by atoms with Crippen LogP contribution >= 0.6 is 0 Å². The van der Waals surface area contributed by atoms with E-state index >= 15 is 0 Å². The number of fused-ring (bicyclic) bond motifs is 3. The molecule has 1 aliphatic rings. The van der Waals surface area contributed by atoms with Gasteiger partial charge >= 0.3 is 0 Å². The van der Waals surface area contributed by atoms with Gasteiger partial charge in [-0.2, -0.15) is 12.7 Å². The molecule has 0 bridgehead atoms. The normalized spacial score (nSPS) is 13.1. The van der Waals surface area contributed by atoms with Gasteiger partial charge in [0.15, 0.2) is 0 Å². The van der Waals surface area contributed by atoms with E-state index in [1.54, 1.807) is 30.5 Å². The minimum atomic E-state index is -0.310. The van der Waals surface area contributed by atoms with Crippen LogP contribution in [-0.4, -0.2) is 21.5 Å². The Hall–Kier alpha value is -4.14. The maximum atomic E-state index is 14.3. The molecule has 0 aliphatic carbocycles. The molecule has 5 aromatic rings. The third-order valence-electron chi connectivity index (χ3n) is 6.66. The van der Waals surface area contributed by atoms with E-state index in [9.17, 15) is 4.39 Å². The average Bonchev–Trinajstić information content (AvgIpc) is 3.48. The summed E-state index contributed by atoms with van der Waals surface area (Å²) < 4.78 is 22.5. The molecule has 2 aromatic heterocycles. The number of halogens is 1. The molecule has 40 heavy (non-hydrogen) atoms. The number of aromatic nitrogens is 2. The van der Waals surface area contributed by atoms with Gasteiger partial charge in [-0.1, -0.05) is 26.3 Å². The maximum absolute atomic E-state index is 14.3. The number of anilines is 1. The monoisotopic (exact) mass is 709 g/mol. The van der Waals surface area contributed by atoms with E-state index in [1.165, 1.54) is 12.1 Å². The van der Waals surface area contributed by atoms with Gasteiger partial charge in [-0.25, -0.2) is 9.37 Å². The molecule has 0 spiro atoms. The molecule has 0 unspecified atom stereocenters. The van der Waals surface area contributed by atoms with Crippen LogP contribution in [-0.2, 0) is 26.5 Å². The van der Waals surface area contributed by atoms with Crippen molar-refractivity contribution >= 4 is 33.2 Å².